The Bertz CT molecular complexity index is 526. The number of hydrogen-bond acceptors (Lipinski definition) is 2. The molecule has 18 heavy (non-hydrogen) atoms. The Morgan fingerprint density at radius 1 is 1.11 bits per heavy atom. The second kappa shape index (κ2) is 6.77. The summed E-state index contributed by atoms with van der Waals surface area (Å²) in [5.41, 5.74) is 2.72. The van der Waals surface area contributed by atoms with Gasteiger partial charge in [0.25, 0.3) is 0 Å². The van der Waals surface area contributed by atoms with E-state index in [9.17, 15) is 0 Å². The van der Waals surface area contributed by atoms with Crippen LogP contribution in [0.15, 0.2) is 59.9 Å². The minimum atomic E-state index is 0. The van der Waals surface area contributed by atoms with Crippen molar-refractivity contribution in [1.29, 1.82) is 0 Å². The van der Waals surface area contributed by atoms with E-state index in [0.717, 1.165) is 11.3 Å². The maximum Gasteiger partial charge on any atom is 0.194 e. The highest BCUT2D eigenvalue weighted by molar-refractivity contribution is 5.99. The summed E-state index contributed by atoms with van der Waals surface area (Å²) in [5, 5.41) is 12.5. The van der Waals surface area contributed by atoms with E-state index in [1.165, 1.54) is 0 Å². The zero-order valence-electron chi connectivity index (χ0n) is 10.1. The molecule has 2 rings (SSSR count). The molecule has 1 aromatic heterocycles. The fourth-order valence-corrected chi connectivity index (χ4v) is 1.71. The molecule has 0 atom stereocenters. The Morgan fingerprint density at radius 3 is 2.39 bits per heavy atom. The number of aromatic nitrogens is 1. The third-order valence-electron chi connectivity index (χ3n) is 2.72. The standard InChI is InChI=1S/C14H14N2O.ClH/c1-12-7-5-6-10-16(12)11-14(15-17)13-8-3-2-4-9-13;/h2-10H,11H2,1H3;1H. The van der Waals surface area contributed by atoms with E-state index in [1.807, 2.05) is 66.2 Å². The van der Waals surface area contributed by atoms with Gasteiger partial charge in [-0.3, -0.25) is 0 Å². The van der Waals surface area contributed by atoms with Crippen LogP contribution in [-0.2, 0) is 6.54 Å². The number of halogens is 1. The summed E-state index contributed by atoms with van der Waals surface area (Å²) < 4.78 is 2.04. The molecule has 0 aliphatic carbocycles. The average Bonchev–Trinajstić information content (AvgIpc) is 2.39. The Kier molecular flexibility index (Phi) is 5.33. The summed E-state index contributed by atoms with van der Waals surface area (Å²) in [6, 6.07) is 15.7. The highest BCUT2D eigenvalue weighted by Crippen LogP contribution is 2.01. The first-order valence-corrected chi connectivity index (χ1v) is 5.52. The van der Waals surface area contributed by atoms with E-state index in [2.05, 4.69) is 5.16 Å². The van der Waals surface area contributed by atoms with E-state index < -0.39 is 0 Å². The van der Waals surface area contributed by atoms with Crippen molar-refractivity contribution in [2.75, 3.05) is 0 Å². The lowest BCUT2D eigenvalue weighted by Crippen LogP contribution is -3.00. The Balaban J connectivity index is 0.00000162. The van der Waals surface area contributed by atoms with Crippen LogP contribution in [0.3, 0.4) is 0 Å². The number of pyridine rings is 1. The van der Waals surface area contributed by atoms with Crippen LogP contribution in [0.2, 0.25) is 0 Å². The maximum absolute atomic E-state index is 9.11. The summed E-state index contributed by atoms with van der Waals surface area (Å²) >= 11 is 0. The van der Waals surface area contributed by atoms with Crippen molar-refractivity contribution < 1.29 is 22.2 Å². The molecule has 0 amide bonds. The fraction of sp³-hybridized carbons (Fsp3) is 0.143. The first-order valence-electron chi connectivity index (χ1n) is 5.52. The largest absolute Gasteiger partial charge is 1.00 e. The lowest BCUT2D eigenvalue weighted by atomic mass is 10.1. The van der Waals surface area contributed by atoms with Crippen molar-refractivity contribution in [2.45, 2.75) is 13.5 Å². The van der Waals surface area contributed by atoms with Gasteiger partial charge >= 0.3 is 0 Å². The molecule has 0 unspecified atom stereocenters. The zero-order valence-corrected chi connectivity index (χ0v) is 10.9. The van der Waals surface area contributed by atoms with Gasteiger partial charge in [0.1, 0.15) is 0 Å². The molecule has 0 bridgehead atoms. The SMILES string of the molecule is Cc1cccc[n+]1CC(=NO)c1ccccc1.[Cl-]. The monoisotopic (exact) mass is 262 g/mol. The van der Waals surface area contributed by atoms with Gasteiger partial charge in [0, 0.05) is 24.6 Å². The molecule has 3 nitrogen and oxygen atoms in total. The van der Waals surface area contributed by atoms with Crippen LogP contribution in [-0.4, -0.2) is 10.9 Å². The van der Waals surface area contributed by atoms with Crippen LogP contribution in [0.1, 0.15) is 11.3 Å². The number of benzene rings is 1. The lowest BCUT2D eigenvalue weighted by Gasteiger charge is -2.03. The third kappa shape index (κ3) is 3.31. The quantitative estimate of drug-likeness (QED) is 0.333. The van der Waals surface area contributed by atoms with Crippen LogP contribution in [0.5, 0.6) is 0 Å². The second-order valence-electron chi connectivity index (χ2n) is 3.88. The molecule has 0 fully saturated rings. The minimum absolute atomic E-state index is 0. The van der Waals surface area contributed by atoms with Crippen molar-refractivity contribution in [3.63, 3.8) is 0 Å². The highest BCUT2D eigenvalue weighted by atomic mass is 35.5. The molecule has 0 aliphatic rings. The van der Waals surface area contributed by atoms with Crippen LogP contribution in [0.25, 0.3) is 0 Å². The van der Waals surface area contributed by atoms with Crippen LogP contribution in [0.4, 0.5) is 0 Å². The summed E-state index contributed by atoms with van der Waals surface area (Å²) in [5.74, 6) is 0. The normalized spacial score (nSPS) is 10.8. The highest BCUT2D eigenvalue weighted by Gasteiger charge is 2.12. The van der Waals surface area contributed by atoms with Gasteiger partial charge in [0.15, 0.2) is 24.1 Å². The van der Waals surface area contributed by atoms with Crippen molar-refractivity contribution in [2.24, 2.45) is 5.16 Å². The van der Waals surface area contributed by atoms with E-state index in [4.69, 9.17) is 5.21 Å². The molecule has 0 aliphatic heterocycles. The predicted octanol–water partition coefficient (Wildman–Crippen LogP) is -0.835. The van der Waals surface area contributed by atoms with E-state index >= 15 is 0 Å². The number of rotatable bonds is 3. The van der Waals surface area contributed by atoms with E-state index in [-0.39, 0.29) is 12.4 Å². The average molecular weight is 263 g/mol. The summed E-state index contributed by atoms with van der Waals surface area (Å²) in [4.78, 5) is 0. The summed E-state index contributed by atoms with van der Waals surface area (Å²) in [6.45, 7) is 2.59. The molecule has 0 radical (unpaired) electrons. The number of aryl methyl sites for hydroxylation is 1. The molecule has 1 heterocycles. The molecule has 0 spiro atoms. The molecule has 0 saturated heterocycles. The number of nitrogens with zero attached hydrogens (tertiary/aromatic N) is 2. The second-order valence-corrected chi connectivity index (χ2v) is 3.88. The van der Waals surface area contributed by atoms with Crippen molar-refractivity contribution in [3.05, 3.63) is 66.0 Å². The predicted molar refractivity (Wildman–Crippen MR) is 66.1 cm³/mol. The van der Waals surface area contributed by atoms with Gasteiger partial charge in [-0.1, -0.05) is 41.6 Å². The lowest BCUT2D eigenvalue weighted by molar-refractivity contribution is -0.687. The van der Waals surface area contributed by atoms with Gasteiger partial charge in [-0.2, -0.15) is 4.57 Å². The molecule has 1 N–H and O–H groups in total. The molecule has 4 heteroatoms. The first kappa shape index (κ1) is 14.2. The molecular weight excluding hydrogens is 248 g/mol. The Hall–Kier alpha value is -1.87. The third-order valence-corrected chi connectivity index (χ3v) is 2.72. The summed E-state index contributed by atoms with van der Waals surface area (Å²) in [6.07, 6.45) is 1.98. The van der Waals surface area contributed by atoms with Gasteiger partial charge < -0.3 is 17.6 Å². The van der Waals surface area contributed by atoms with Crippen LogP contribution >= 0.6 is 0 Å². The molecule has 2 aromatic rings. The van der Waals surface area contributed by atoms with Crippen molar-refractivity contribution in [3.8, 4) is 0 Å². The van der Waals surface area contributed by atoms with Gasteiger partial charge in [0.2, 0.25) is 0 Å². The Labute approximate surface area is 113 Å². The fourth-order valence-electron chi connectivity index (χ4n) is 1.71. The van der Waals surface area contributed by atoms with Crippen LogP contribution < -0.4 is 17.0 Å². The van der Waals surface area contributed by atoms with Gasteiger partial charge in [-0.25, -0.2) is 0 Å². The molecule has 0 saturated carbocycles. The van der Waals surface area contributed by atoms with Gasteiger partial charge in [-0.05, 0) is 0 Å². The molecule has 1 aromatic carbocycles. The number of oxime groups is 1. The van der Waals surface area contributed by atoms with Gasteiger partial charge in [0.05, 0.1) is 0 Å². The topological polar surface area (TPSA) is 36.5 Å². The van der Waals surface area contributed by atoms with Crippen molar-refractivity contribution in [1.82, 2.24) is 0 Å². The molecular formula is C14H15ClN2O. The van der Waals surface area contributed by atoms with E-state index in [1.54, 1.807) is 0 Å². The zero-order chi connectivity index (χ0) is 12.1. The van der Waals surface area contributed by atoms with Crippen molar-refractivity contribution >= 4 is 5.71 Å². The minimum Gasteiger partial charge on any atom is -1.00 e. The summed E-state index contributed by atoms with van der Waals surface area (Å²) in [7, 11) is 0. The van der Waals surface area contributed by atoms with E-state index in [0.29, 0.717) is 12.3 Å². The van der Waals surface area contributed by atoms with Crippen LogP contribution in [0, 0.1) is 6.92 Å². The number of hydrogen-bond donors (Lipinski definition) is 1. The van der Waals surface area contributed by atoms with Gasteiger partial charge in [-0.15, -0.1) is 0 Å². The smallest absolute Gasteiger partial charge is 0.194 e. The molecule has 94 valence electrons. The first-order chi connectivity index (χ1) is 8.31. The Morgan fingerprint density at radius 2 is 1.78 bits per heavy atom. The maximum atomic E-state index is 9.11.